The summed E-state index contributed by atoms with van der Waals surface area (Å²) in [5.41, 5.74) is 5.48. The number of nitrogens with one attached hydrogen (secondary N) is 1. The minimum atomic E-state index is -1.12. The monoisotopic (exact) mass is 296 g/mol. The number of carboxylic acid groups (broad SMARTS) is 1. The second kappa shape index (κ2) is 8.21. The molecule has 2 amide bonds. The first-order chi connectivity index (χ1) is 9.50. The maximum atomic E-state index is 11.7. The first-order valence-electron chi connectivity index (χ1n) is 5.94. The molecule has 1 atom stereocenters. The smallest absolute Gasteiger partial charge is 0.330 e. The number of hydrogen-bond donors (Lipinski definition) is 3. The van der Waals surface area contributed by atoms with E-state index in [-0.39, 0.29) is 18.1 Å². The molecule has 0 fully saturated rings. The average molecular weight is 296 g/mol. The van der Waals surface area contributed by atoms with Crippen LogP contribution in [0.3, 0.4) is 0 Å². The molecular weight excluding hydrogens is 280 g/mol. The van der Waals surface area contributed by atoms with E-state index < -0.39 is 17.9 Å². The van der Waals surface area contributed by atoms with E-state index >= 15 is 0 Å². The number of carbonyl (C=O) groups is 3. The van der Waals surface area contributed by atoms with Crippen molar-refractivity contribution in [3.63, 3.8) is 0 Å². The summed E-state index contributed by atoms with van der Waals surface area (Å²) in [6.45, 7) is 0. The molecule has 0 bridgehead atoms. The van der Waals surface area contributed by atoms with Gasteiger partial charge in [0.1, 0.15) is 0 Å². The van der Waals surface area contributed by atoms with Crippen molar-refractivity contribution >= 4 is 29.5 Å². The van der Waals surface area contributed by atoms with Gasteiger partial charge in [-0.3, -0.25) is 9.59 Å². The fraction of sp³-hybridized carbons (Fsp3) is 0.308. The van der Waals surface area contributed by atoms with E-state index in [1.165, 1.54) is 11.8 Å². The molecule has 0 radical (unpaired) electrons. The van der Waals surface area contributed by atoms with Gasteiger partial charge in [-0.2, -0.15) is 11.8 Å². The van der Waals surface area contributed by atoms with Gasteiger partial charge in [-0.05, 0) is 5.56 Å². The number of rotatable bonds is 8. The van der Waals surface area contributed by atoms with Crippen LogP contribution in [0.5, 0.6) is 0 Å². The van der Waals surface area contributed by atoms with Crippen LogP contribution in [0.15, 0.2) is 30.3 Å². The lowest BCUT2D eigenvalue weighted by Gasteiger charge is -2.14. The van der Waals surface area contributed by atoms with Crippen molar-refractivity contribution < 1.29 is 19.5 Å². The molecule has 0 saturated carbocycles. The van der Waals surface area contributed by atoms with Gasteiger partial charge in [-0.1, -0.05) is 30.3 Å². The van der Waals surface area contributed by atoms with Crippen LogP contribution in [0.25, 0.3) is 0 Å². The number of amides is 2. The standard InChI is InChI=1S/C13H16N2O4S/c14-10(16)8-20-7-6-11(17)15-12(13(18)19)9-4-2-1-3-5-9/h1-5,12H,6-8H2,(H2,14,16)(H,15,17)(H,18,19). The van der Waals surface area contributed by atoms with Crippen LogP contribution in [-0.2, 0) is 14.4 Å². The van der Waals surface area contributed by atoms with Crippen LogP contribution in [-0.4, -0.2) is 34.4 Å². The first-order valence-corrected chi connectivity index (χ1v) is 7.09. The fourth-order valence-electron chi connectivity index (χ4n) is 1.50. The Morgan fingerprint density at radius 2 is 1.90 bits per heavy atom. The lowest BCUT2D eigenvalue weighted by molar-refractivity contribution is -0.142. The molecule has 0 aliphatic rings. The first kappa shape index (κ1) is 16.0. The molecule has 0 heterocycles. The summed E-state index contributed by atoms with van der Waals surface area (Å²) in [6, 6.07) is 7.40. The van der Waals surface area contributed by atoms with Gasteiger partial charge < -0.3 is 16.2 Å². The Morgan fingerprint density at radius 3 is 2.45 bits per heavy atom. The van der Waals surface area contributed by atoms with Crippen LogP contribution in [0, 0.1) is 0 Å². The molecule has 0 saturated heterocycles. The highest BCUT2D eigenvalue weighted by atomic mass is 32.2. The van der Waals surface area contributed by atoms with E-state index in [0.717, 1.165) is 0 Å². The van der Waals surface area contributed by atoms with Crippen LogP contribution >= 0.6 is 11.8 Å². The molecule has 0 aliphatic carbocycles. The summed E-state index contributed by atoms with van der Waals surface area (Å²) in [6.07, 6.45) is 0.133. The Bertz CT molecular complexity index is 479. The van der Waals surface area contributed by atoms with Crippen LogP contribution in [0.2, 0.25) is 0 Å². The molecule has 7 heteroatoms. The highest BCUT2D eigenvalue weighted by molar-refractivity contribution is 7.99. The van der Waals surface area contributed by atoms with Gasteiger partial charge in [0, 0.05) is 12.2 Å². The van der Waals surface area contributed by atoms with Crippen molar-refractivity contribution in [1.29, 1.82) is 0 Å². The number of thioether (sulfide) groups is 1. The lowest BCUT2D eigenvalue weighted by atomic mass is 10.1. The zero-order valence-corrected chi connectivity index (χ0v) is 11.6. The van der Waals surface area contributed by atoms with Gasteiger partial charge in [-0.25, -0.2) is 4.79 Å². The third kappa shape index (κ3) is 5.75. The summed E-state index contributed by atoms with van der Waals surface area (Å²) >= 11 is 1.24. The second-order valence-corrected chi connectivity index (χ2v) is 5.12. The number of carboxylic acids is 1. The van der Waals surface area contributed by atoms with Crippen LogP contribution < -0.4 is 11.1 Å². The topological polar surface area (TPSA) is 109 Å². The molecule has 108 valence electrons. The van der Waals surface area contributed by atoms with E-state index in [1.54, 1.807) is 30.3 Å². The molecule has 1 unspecified atom stereocenters. The molecule has 20 heavy (non-hydrogen) atoms. The number of benzene rings is 1. The number of carbonyl (C=O) groups excluding carboxylic acids is 2. The lowest BCUT2D eigenvalue weighted by Crippen LogP contribution is -2.33. The van der Waals surface area contributed by atoms with Crippen molar-refractivity contribution in [1.82, 2.24) is 5.32 Å². The van der Waals surface area contributed by atoms with Crippen molar-refractivity contribution in [2.75, 3.05) is 11.5 Å². The van der Waals surface area contributed by atoms with Crippen molar-refractivity contribution in [2.24, 2.45) is 5.73 Å². The van der Waals surface area contributed by atoms with Crippen molar-refractivity contribution in [3.05, 3.63) is 35.9 Å². The Kier molecular flexibility index (Phi) is 6.58. The van der Waals surface area contributed by atoms with E-state index in [4.69, 9.17) is 10.8 Å². The van der Waals surface area contributed by atoms with Gasteiger partial charge in [0.05, 0.1) is 5.75 Å². The molecule has 1 rings (SSSR count). The van der Waals surface area contributed by atoms with Gasteiger partial charge >= 0.3 is 5.97 Å². The van der Waals surface area contributed by atoms with Gasteiger partial charge in [0.25, 0.3) is 0 Å². The predicted molar refractivity (Wildman–Crippen MR) is 76.1 cm³/mol. The third-order valence-corrected chi connectivity index (χ3v) is 3.38. The molecule has 0 aliphatic heterocycles. The van der Waals surface area contributed by atoms with Gasteiger partial charge in [0.2, 0.25) is 11.8 Å². The number of aliphatic carboxylic acids is 1. The summed E-state index contributed by atoms with van der Waals surface area (Å²) in [5, 5.41) is 11.6. The summed E-state index contributed by atoms with van der Waals surface area (Å²) in [7, 11) is 0. The molecule has 1 aromatic carbocycles. The number of primary amides is 1. The van der Waals surface area contributed by atoms with Crippen molar-refractivity contribution in [2.45, 2.75) is 12.5 Å². The zero-order valence-electron chi connectivity index (χ0n) is 10.7. The molecule has 1 aromatic rings. The third-order valence-electron chi connectivity index (χ3n) is 2.40. The molecule has 0 spiro atoms. The Morgan fingerprint density at radius 1 is 1.25 bits per heavy atom. The minimum Gasteiger partial charge on any atom is -0.479 e. The van der Waals surface area contributed by atoms with E-state index in [2.05, 4.69) is 5.32 Å². The van der Waals surface area contributed by atoms with Crippen molar-refractivity contribution in [3.8, 4) is 0 Å². The molecular formula is C13H16N2O4S. The van der Waals surface area contributed by atoms with E-state index in [0.29, 0.717) is 11.3 Å². The second-order valence-electron chi connectivity index (χ2n) is 4.02. The number of nitrogens with two attached hydrogens (primary N) is 1. The van der Waals surface area contributed by atoms with Crippen LogP contribution in [0.1, 0.15) is 18.0 Å². The zero-order chi connectivity index (χ0) is 15.0. The number of hydrogen-bond acceptors (Lipinski definition) is 4. The summed E-state index contributed by atoms with van der Waals surface area (Å²) in [4.78, 5) is 33.4. The van der Waals surface area contributed by atoms with E-state index in [9.17, 15) is 14.4 Å². The highest BCUT2D eigenvalue weighted by Crippen LogP contribution is 2.13. The van der Waals surface area contributed by atoms with E-state index in [1.807, 2.05) is 0 Å². The maximum absolute atomic E-state index is 11.7. The Hall–Kier alpha value is -2.02. The average Bonchev–Trinajstić information content (AvgIpc) is 2.41. The Labute approximate surface area is 120 Å². The maximum Gasteiger partial charge on any atom is 0.330 e. The minimum absolute atomic E-state index is 0.133. The molecule has 6 nitrogen and oxygen atoms in total. The predicted octanol–water partition coefficient (Wildman–Crippen LogP) is 0.537. The molecule has 4 N–H and O–H groups in total. The summed E-state index contributed by atoms with van der Waals surface area (Å²) < 4.78 is 0. The largest absolute Gasteiger partial charge is 0.479 e. The van der Waals surface area contributed by atoms with Crippen LogP contribution in [0.4, 0.5) is 0 Å². The fourth-order valence-corrected chi connectivity index (χ4v) is 2.18. The normalized spacial score (nSPS) is 11.6. The Balaban J connectivity index is 2.48. The van der Waals surface area contributed by atoms with Gasteiger partial charge in [0.15, 0.2) is 6.04 Å². The van der Waals surface area contributed by atoms with Gasteiger partial charge in [-0.15, -0.1) is 0 Å². The molecule has 0 aromatic heterocycles. The summed E-state index contributed by atoms with van der Waals surface area (Å²) in [5.74, 6) is -1.37. The SMILES string of the molecule is NC(=O)CSCCC(=O)NC(C(=O)O)c1ccccc1. The quantitative estimate of drug-likeness (QED) is 0.606. The highest BCUT2D eigenvalue weighted by Gasteiger charge is 2.21.